The minimum Gasteiger partial charge on any atom is -0.497 e. The molecule has 2 N–H and O–H groups in total. The highest BCUT2D eigenvalue weighted by atomic mass is 19.1. The molecule has 0 atom stereocenters. The predicted octanol–water partition coefficient (Wildman–Crippen LogP) is 3.17. The number of rotatable bonds is 6. The van der Waals surface area contributed by atoms with Gasteiger partial charge in [0.25, 0.3) is 5.91 Å². The van der Waals surface area contributed by atoms with Crippen LogP contribution < -0.4 is 15.2 Å². The molecule has 0 aliphatic rings. The van der Waals surface area contributed by atoms with Crippen LogP contribution in [-0.2, 0) is 6.61 Å². The normalized spacial score (nSPS) is 10.5. The van der Waals surface area contributed by atoms with Gasteiger partial charge in [-0.3, -0.25) is 4.79 Å². The first kappa shape index (κ1) is 16.5. The van der Waals surface area contributed by atoms with Crippen molar-refractivity contribution >= 4 is 5.91 Å². The predicted molar refractivity (Wildman–Crippen MR) is 87.7 cm³/mol. The molecule has 3 aromatic rings. The van der Waals surface area contributed by atoms with E-state index in [4.69, 9.17) is 19.6 Å². The van der Waals surface area contributed by atoms with Gasteiger partial charge in [-0.1, -0.05) is 0 Å². The number of amides is 1. The lowest BCUT2D eigenvalue weighted by atomic mass is 10.2. The zero-order chi connectivity index (χ0) is 17.8. The highest BCUT2D eigenvalue weighted by Crippen LogP contribution is 2.26. The molecule has 2 aromatic carbocycles. The number of carbonyl (C=O) groups excluding carboxylic acids is 1. The maximum atomic E-state index is 13.0. The van der Waals surface area contributed by atoms with Gasteiger partial charge in [-0.2, -0.15) is 0 Å². The number of aromatic nitrogens is 1. The number of methoxy groups -OCH3 is 1. The van der Waals surface area contributed by atoms with Gasteiger partial charge in [0.2, 0.25) is 5.89 Å². The number of hydrogen-bond donors (Lipinski definition) is 1. The van der Waals surface area contributed by atoms with E-state index in [0.29, 0.717) is 23.0 Å². The van der Waals surface area contributed by atoms with E-state index < -0.39 is 5.91 Å². The average molecular weight is 342 g/mol. The number of hydrogen-bond acceptors (Lipinski definition) is 5. The number of halogens is 1. The van der Waals surface area contributed by atoms with Crippen molar-refractivity contribution in [3.05, 3.63) is 65.9 Å². The van der Waals surface area contributed by atoms with E-state index in [1.807, 2.05) is 0 Å². The Morgan fingerprint density at radius 1 is 1.24 bits per heavy atom. The number of primary amides is 1. The molecule has 0 saturated heterocycles. The maximum absolute atomic E-state index is 13.0. The van der Waals surface area contributed by atoms with Crippen molar-refractivity contribution < 1.29 is 23.1 Å². The Hall–Kier alpha value is -3.35. The minimum absolute atomic E-state index is 0.00532. The van der Waals surface area contributed by atoms with Crippen LogP contribution >= 0.6 is 0 Å². The van der Waals surface area contributed by atoms with E-state index >= 15 is 0 Å². The molecular weight excluding hydrogens is 327 g/mol. The summed E-state index contributed by atoms with van der Waals surface area (Å²) in [6.45, 7) is -0.00532. The van der Waals surface area contributed by atoms with Crippen LogP contribution in [0.4, 0.5) is 4.39 Å². The highest BCUT2D eigenvalue weighted by molar-refractivity contribution is 5.95. The summed E-state index contributed by atoms with van der Waals surface area (Å²) in [5.41, 5.74) is 6.26. The second-order valence-electron chi connectivity index (χ2n) is 5.14. The van der Waals surface area contributed by atoms with Crippen LogP contribution in [-0.4, -0.2) is 18.0 Å². The second kappa shape index (κ2) is 7.04. The van der Waals surface area contributed by atoms with E-state index in [-0.39, 0.29) is 23.7 Å². The zero-order valence-electron chi connectivity index (χ0n) is 13.4. The molecule has 0 saturated carbocycles. The Kier molecular flexibility index (Phi) is 4.65. The molecule has 7 heteroatoms. The van der Waals surface area contributed by atoms with Crippen LogP contribution in [0.25, 0.3) is 11.3 Å². The third-order valence-electron chi connectivity index (χ3n) is 3.49. The standard InChI is InChI=1S/C18H15FN2O4/c1-23-13-6-7-14(18(20)22)15(8-13)24-10-17-21-9-16(25-17)11-2-4-12(19)5-3-11/h2-9H,10H2,1H3,(H2,20,22). The molecule has 1 heterocycles. The van der Waals surface area contributed by atoms with Crippen molar-refractivity contribution in [2.75, 3.05) is 7.11 Å². The molecule has 0 radical (unpaired) electrons. The number of nitrogens with zero attached hydrogens (tertiary/aromatic N) is 1. The van der Waals surface area contributed by atoms with E-state index in [1.165, 1.54) is 31.5 Å². The molecule has 1 amide bonds. The molecule has 0 spiro atoms. The zero-order valence-corrected chi connectivity index (χ0v) is 13.4. The number of carbonyl (C=O) groups is 1. The lowest BCUT2D eigenvalue weighted by Crippen LogP contribution is -2.13. The molecule has 1 aromatic heterocycles. The first-order valence-corrected chi connectivity index (χ1v) is 7.38. The Morgan fingerprint density at radius 2 is 2.00 bits per heavy atom. The van der Waals surface area contributed by atoms with Crippen molar-refractivity contribution in [1.82, 2.24) is 4.98 Å². The van der Waals surface area contributed by atoms with Gasteiger partial charge < -0.3 is 19.6 Å². The molecule has 0 aliphatic heterocycles. The fourth-order valence-corrected chi connectivity index (χ4v) is 2.22. The lowest BCUT2D eigenvalue weighted by Gasteiger charge is -2.09. The number of oxazole rings is 1. The van der Waals surface area contributed by atoms with Gasteiger partial charge in [0.1, 0.15) is 17.3 Å². The van der Waals surface area contributed by atoms with Crippen molar-refractivity contribution in [3.63, 3.8) is 0 Å². The Labute approximate surface area is 143 Å². The van der Waals surface area contributed by atoms with E-state index in [2.05, 4.69) is 4.98 Å². The Bertz CT molecular complexity index is 890. The molecule has 0 unspecified atom stereocenters. The van der Waals surface area contributed by atoms with Gasteiger partial charge >= 0.3 is 0 Å². The van der Waals surface area contributed by atoms with Crippen LogP contribution in [0.5, 0.6) is 11.5 Å². The Balaban J connectivity index is 1.76. The quantitative estimate of drug-likeness (QED) is 0.743. The highest BCUT2D eigenvalue weighted by Gasteiger charge is 2.13. The summed E-state index contributed by atoms with van der Waals surface area (Å²) in [5, 5.41) is 0. The molecule has 6 nitrogen and oxygen atoms in total. The smallest absolute Gasteiger partial charge is 0.252 e. The third kappa shape index (κ3) is 3.77. The van der Waals surface area contributed by atoms with Crippen LogP contribution in [0.3, 0.4) is 0 Å². The summed E-state index contributed by atoms with van der Waals surface area (Å²) in [7, 11) is 1.51. The number of ether oxygens (including phenoxy) is 2. The van der Waals surface area contributed by atoms with Gasteiger partial charge in [-0.15, -0.1) is 0 Å². The van der Waals surface area contributed by atoms with Crippen LogP contribution in [0, 0.1) is 5.82 Å². The van der Waals surface area contributed by atoms with Crippen LogP contribution in [0.2, 0.25) is 0 Å². The fraction of sp³-hybridized carbons (Fsp3) is 0.111. The molecular formula is C18H15FN2O4. The van der Waals surface area contributed by atoms with Crippen molar-refractivity contribution in [1.29, 1.82) is 0 Å². The first-order chi connectivity index (χ1) is 12.1. The monoisotopic (exact) mass is 342 g/mol. The third-order valence-corrected chi connectivity index (χ3v) is 3.49. The SMILES string of the molecule is COc1ccc(C(N)=O)c(OCc2ncc(-c3ccc(F)cc3)o2)c1. The molecule has 3 rings (SSSR count). The molecule has 25 heavy (non-hydrogen) atoms. The first-order valence-electron chi connectivity index (χ1n) is 7.38. The van der Waals surface area contributed by atoms with Gasteiger partial charge in [0.05, 0.1) is 18.9 Å². The number of benzene rings is 2. The topological polar surface area (TPSA) is 87.6 Å². The average Bonchev–Trinajstić information content (AvgIpc) is 3.09. The molecule has 0 fully saturated rings. The van der Waals surface area contributed by atoms with Crippen molar-refractivity contribution in [3.8, 4) is 22.8 Å². The summed E-state index contributed by atoms with van der Waals surface area (Å²) in [6.07, 6.45) is 1.52. The van der Waals surface area contributed by atoms with Crippen LogP contribution in [0.1, 0.15) is 16.2 Å². The summed E-state index contributed by atoms with van der Waals surface area (Å²) in [4.78, 5) is 15.6. The largest absolute Gasteiger partial charge is 0.497 e. The number of nitrogens with two attached hydrogens (primary N) is 1. The maximum Gasteiger partial charge on any atom is 0.252 e. The Morgan fingerprint density at radius 3 is 2.68 bits per heavy atom. The van der Waals surface area contributed by atoms with Gasteiger partial charge in [0.15, 0.2) is 12.4 Å². The van der Waals surface area contributed by atoms with Crippen LogP contribution in [0.15, 0.2) is 53.1 Å². The summed E-state index contributed by atoms with van der Waals surface area (Å²) >= 11 is 0. The molecule has 0 aliphatic carbocycles. The molecule has 0 bridgehead atoms. The fourth-order valence-electron chi connectivity index (χ4n) is 2.22. The van der Waals surface area contributed by atoms with Gasteiger partial charge in [-0.25, -0.2) is 9.37 Å². The summed E-state index contributed by atoms with van der Waals surface area (Å²) < 4.78 is 29.3. The summed E-state index contributed by atoms with van der Waals surface area (Å²) in [6, 6.07) is 10.6. The summed E-state index contributed by atoms with van der Waals surface area (Å²) in [5.74, 6) is 0.644. The van der Waals surface area contributed by atoms with E-state index in [0.717, 1.165) is 0 Å². The van der Waals surface area contributed by atoms with Gasteiger partial charge in [0, 0.05) is 11.6 Å². The van der Waals surface area contributed by atoms with E-state index in [9.17, 15) is 9.18 Å². The minimum atomic E-state index is -0.614. The van der Waals surface area contributed by atoms with E-state index in [1.54, 1.807) is 24.3 Å². The van der Waals surface area contributed by atoms with Gasteiger partial charge in [-0.05, 0) is 36.4 Å². The van der Waals surface area contributed by atoms with Crippen molar-refractivity contribution in [2.45, 2.75) is 6.61 Å². The lowest BCUT2D eigenvalue weighted by molar-refractivity contribution is 0.0995. The molecule has 128 valence electrons. The second-order valence-corrected chi connectivity index (χ2v) is 5.14. The van der Waals surface area contributed by atoms with Crippen molar-refractivity contribution in [2.24, 2.45) is 5.73 Å².